The van der Waals surface area contributed by atoms with E-state index in [4.69, 9.17) is 0 Å². The summed E-state index contributed by atoms with van der Waals surface area (Å²) in [5, 5.41) is 2.75. The van der Waals surface area contributed by atoms with Gasteiger partial charge in [0.1, 0.15) is 0 Å². The molecule has 1 N–H and O–H groups in total. The molecule has 0 radical (unpaired) electrons. The summed E-state index contributed by atoms with van der Waals surface area (Å²) in [6.07, 6.45) is 1.32. The average Bonchev–Trinajstić information content (AvgIpc) is 2.11. The highest BCUT2D eigenvalue weighted by molar-refractivity contribution is 5.75. The summed E-state index contributed by atoms with van der Waals surface area (Å²) >= 11 is 0. The van der Waals surface area contributed by atoms with Crippen LogP contribution in [0, 0.1) is 0 Å². The molecule has 4 nitrogen and oxygen atoms in total. The number of hydrogen-bond acceptors (Lipinski definition) is 2. The zero-order valence-electron chi connectivity index (χ0n) is 8.59. The number of nitrogens with one attached hydrogen (secondary N) is 1. The molecule has 0 atom stereocenters. The summed E-state index contributed by atoms with van der Waals surface area (Å²) < 4.78 is 0. The van der Waals surface area contributed by atoms with Crippen LogP contribution in [-0.4, -0.2) is 36.9 Å². The van der Waals surface area contributed by atoms with E-state index in [9.17, 15) is 9.59 Å². The Kier molecular flexibility index (Phi) is 5.93. The van der Waals surface area contributed by atoms with E-state index in [1.165, 1.54) is 6.92 Å². The lowest BCUT2D eigenvalue weighted by Crippen LogP contribution is -2.29. The monoisotopic (exact) mass is 186 g/mol. The van der Waals surface area contributed by atoms with Gasteiger partial charge in [-0.1, -0.05) is 6.92 Å². The minimum Gasteiger partial charge on any atom is -0.356 e. The molecule has 0 unspecified atom stereocenters. The summed E-state index contributed by atoms with van der Waals surface area (Å²) in [6, 6.07) is 0. The molecule has 0 aromatic rings. The summed E-state index contributed by atoms with van der Waals surface area (Å²) in [4.78, 5) is 23.2. The Morgan fingerprint density at radius 3 is 2.46 bits per heavy atom. The molecule has 0 heterocycles. The van der Waals surface area contributed by atoms with Gasteiger partial charge in [-0.25, -0.2) is 0 Å². The van der Waals surface area contributed by atoms with Crippen molar-refractivity contribution in [1.82, 2.24) is 10.2 Å². The first-order chi connectivity index (χ1) is 6.07. The largest absolute Gasteiger partial charge is 0.356 e. The van der Waals surface area contributed by atoms with Crippen molar-refractivity contribution in [2.75, 3.05) is 20.1 Å². The molecule has 0 saturated heterocycles. The van der Waals surface area contributed by atoms with Crippen LogP contribution in [-0.2, 0) is 9.59 Å². The summed E-state index contributed by atoms with van der Waals surface area (Å²) in [6.45, 7) is 4.69. The van der Waals surface area contributed by atoms with Crippen molar-refractivity contribution in [2.24, 2.45) is 0 Å². The molecule has 0 aromatic carbocycles. The number of carbonyl (C=O) groups excluding carboxylic acids is 2. The van der Waals surface area contributed by atoms with Gasteiger partial charge in [-0.15, -0.1) is 0 Å². The second-order valence-electron chi connectivity index (χ2n) is 3.00. The third-order valence-electron chi connectivity index (χ3n) is 1.85. The molecule has 2 amide bonds. The molecule has 0 aliphatic carbocycles. The maximum Gasteiger partial charge on any atom is 0.219 e. The van der Waals surface area contributed by atoms with Crippen LogP contribution < -0.4 is 5.32 Å². The molecule has 0 rings (SSSR count). The molecule has 0 aliphatic rings. The first kappa shape index (κ1) is 11.9. The summed E-state index contributed by atoms with van der Waals surface area (Å²) in [5.41, 5.74) is 0. The van der Waals surface area contributed by atoms with Crippen LogP contribution in [0.1, 0.15) is 26.7 Å². The lowest BCUT2D eigenvalue weighted by Gasteiger charge is -2.14. The van der Waals surface area contributed by atoms with Gasteiger partial charge in [0, 0.05) is 33.5 Å². The Morgan fingerprint density at radius 1 is 1.38 bits per heavy atom. The molecule has 0 bridgehead atoms. The van der Waals surface area contributed by atoms with Crippen molar-refractivity contribution >= 4 is 11.8 Å². The van der Waals surface area contributed by atoms with Gasteiger partial charge in [0.2, 0.25) is 11.8 Å². The van der Waals surface area contributed by atoms with Crippen molar-refractivity contribution in [3.05, 3.63) is 0 Å². The van der Waals surface area contributed by atoms with E-state index < -0.39 is 0 Å². The van der Waals surface area contributed by atoms with Crippen molar-refractivity contribution in [3.8, 4) is 0 Å². The molecule has 0 saturated carbocycles. The van der Waals surface area contributed by atoms with Gasteiger partial charge >= 0.3 is 0 Å². The number of rotatable bonds is 5. The van der Waals surface area contributed by atoms with Crippen LogP contribution in [0.3, 0.4) is 0 Å². The quantitative estimate of drug-likeness (QED) is 0.631. The highest BCUT2D eigenvalue weighted by atomic mass is 16.2. The Hall–Kier alpha value is -1.06. The second kappa shape index (κ2) is 6.46. The molecular formula is C9H18N2O2. The van der Waals surface area contributed by atoms with Crippen molar-refractivity contribution in [3.63, 3.8) is 0 Å². The predicted molar refractivity (Wildman–Crippen MR) is 51.2 cm³/mol. The Balaban J connectivity index is 3.35. The molecule has 0 aliphatic heterocycles. The van der Waals surface area contributed by atoms with Crippen LogP contribution in [0.15, 0.2) is 0 Å². The number of hydrogen-bond donors (Lipinski definition) is 1. The maximum atomic E-state index is 10.8. The lowest BCUT2D eigenvalue weighted by molar-refractivity contribution is -0.127. The third-order valence-corrected chi connectivity index (χ3v) is 1.85. The highest BCUT2D eigenvalue weighted by Crippen LogP contribution is 1.87. The summed E-state index contributed by atoms with van der Waals surface area (Å²) in [7, 11) is 1.75. The van der Waals surface area contributed by atoms with Gasteiger partial charge in [-0.05, 0) is 6.42 Å². The van der Waals surface area contributed by atoms with E-state index in [1.54, 1.807) is 11.9 Å². The topological polar surface area (TPSA) is 49.4 Å². The van der Waals surface area contributed by atoms with E-state index in [-0.39, 0.29) is 11.8 Å². The van der Waals surface area contributed by atoms with Crippen LogP contribution >= 0.6 is 0 Å². The van der Waals surface area contributed by atoms with Crippen LogP contribution in [0.25, 0.3) is 0 Å². The number of amides is 2. The zero-order chi connectivity index (χ0) is 10.3. The summed E-state index contributed by atoms with van der Waals surface area (Å²) in [5.74, 6) is 0.118. The van der Waals surface area contributed by atoms with Crippen molar-refractivity contribution in [2.45, 2.75) is 26.7 Å². The second-order valence-corrected chi connectivity index (χ2v) is 3.00. The van der Waals surface area contributed by atoms with Crippen LogP contribution in [0.5, 0.6) is 0 Å². The van der Waals surface area contributed by atoms with E-state index in [0.717, 1.165) is 6.42 Å². The smallest absolute Gasteiger partial charge is 0.219 e. The fourth-order valence-corrected chi connectivity index (χ4v) is 0.826. The van der Waals surface area contributed by atoms with Gasteiger partial charge in [0.15, 0.2) is 0 Å². The minimum absolute atomic E-state index is 0.0572. The fourth-order valence-electron chi connectivity index (χ4n) is 0.826. The predicted octanol–water partition coefficient (Wildman–Crippen LogP) is 0.381. The first-order valence-electron chi connectivity index (χ1n) is 4.56. The third kappa shape index (κ3) is 6.13. The van der Waals surface area contributed by atoms with E-state index >= 15 is 0 Å². The van der Waals surface area contributed by atoms with E-state index in [2.05, 4.69) is 5.32 Å². The highest BCUT2D eigenvalue weighted by Gasteiger charge is 2.01. The number of carbonyl (C=O) groups is 2. The Labute approximate surface area is 79.3 Å². The van der Waals surface area contributed by atoms with Gasteiger partial charge < -0.3 is 10.2 Å². The van der Waals surface area contributed by atoms with Gasteiger partial charge in [0.05, 0.1) is 0 Å². The standard InChI is InChI=1S/C9H18N2O2/c1-4-9(13)10-6-5-7-11(3)8(2)12/h4-7H2,1-3H3,(H,10,13). The lowest BCUT2D eigenvalue weighted by atomic mass is 10.3. The first-order valence-corrected chi connectivity index (χ1v) is 4.56. The fraction of sp³-hybridized carbons (Fsp3) is 0.778. The molecule has 0 spiro atoms. The normalized spacial score (nSPS) is 9.46. The van der Waals surface area contributed by atoms with Crippen LogP contribution in [0.4, 0.5) is 0 Å². The molecular weight excluding hydrogens is 168 g/mol. The van der Waals surface area contributed by atoms with Crippen molar-refractivity contribution < 1.29 is 9.59 Å². The average molecular weight is 186 g/mol. The van der Waals surface area contributed by atoms with Crippen LogP contribution in [0.2, 0.25) is 0 Å². The number of nitrogens with zero attached hydrogens (tertiary/aromatic N) is 1. The van der Waals surface area contributed by atoms with Gasteiger partial charge in [0.25, 0.3) is 0 Å². The molecule has 4 heteroatoms. The SMILES string of the molecule is CCC(=O)NCCCN(C)C(C)=O. The van der Waals surface area contributed by atoms with E-state index in [0.29, 0.717) is 19.5 Å². The maximum absolute atomic E-state index is 10.8. The Morgan fingerprint density at radius 2 is 2.00 bits per heavy atom. The van der Waals surface area contributed by atoms with Gasteiger partial charge in [-0.2, -0.15) is 0 Å². The molecule has 76 valence electrons. The zero-order valence-corrected chi connectivity index (χ0v) is 8.59. The van der Waals surface area contributed by atoms with E-state index in [1.807, 2.05) is 6.92 Å². The molecule has 0 fully saturated rings. The van der Waals surface area contributed by atoms with Crippen molar-refractivity contribution in [1.29, 1.82) is 0 Å². The van der Waals surface area contributed by atoms with Gasteiger partial charge in [-0.3, -0.25) is 9.59 Å². The molecule has 0 aromatic heterocycles. The Bertz CT molecular complexity index is 180. The minimum atomic E-state index is 0.0572. The molecule has 13 heavy (non-hydrogen) atoms.